The van der Waals surface area contributed by atoms with Crippen LogP contribution in [0.25, 0.3) is 0 Å². The average molecular weight is 715 g/mol. The van der Waals surface area contributed by atoms with Crippen molar-refractivity contribution in [3.63, 3.8) is 0 Å². The van der Waals surface area contributed by atoms with Crippen molar-refractivity contribution in [1.29, 1.82) is 0 Å². The van der Waals surface area contributed by atoms with E-state index < -0.39 is 56.8 Å². The second-order valence-electron chi connectivity index (χ2n) is 9.84. The van der Waals surface area contributed by atoms with E-state index in [1.807, 2.05) is 0 Å². The summed E-state index contributed by atoms with van der Waals surface area (Å²) >= 11 is 1.28. The van der Waals surface area contributed by atoms with Crippen LogP contribution in [0.4, 0.5) is 26.3 Å². The molecule has 2 heterocycles. The van der Waals surface area contributed by atoms with Gasteiger partial charge in [-0.3, -0.25) is 0 Å². The second-order valence-corrected chi connectivity index (χ2v) is 12.9. The van der Waals surface area contributed by atoms with Gasteiger partial charge in [-0.05, 0) is 41.0 Å². The van der Waals surface area contributed by atoms with Crippen molar-refractivity contribution in [2.24, 2.45) is 0 Å². The number of alkyl halides is 6. The number of hydrogen-bond donors (Lipinski definition) is 0. The number of aromatic nitrogens is 2. The maximum absolute atomic E-state index is 13.0. The van der Waals surface area contributed by atoms with Crippen molar-refractivity contribution >= 4 is 33.5 Å². The first-order valence-electron chi connectivity index (χ1n) is 13.7. The molecule has 8 nitrogen and oxygen atoms in total. The van der Waals surface area contributed by atoms with Crippen LogP contribution < -0.4 is 0 Å². The van der Waals surface area contributed by atoms with Gasteiger partial charge in [0.15, 0.2) is 21.2 Å². The molecule has 0 amide bonds. The maximum atomic E-state index is 13.0. The smallest absolute Gasteiger partial charge is 0.416 e. The van der Waals surface area contributed by atoms with Crippen LogP contribution in [0.5, 0.6) is 0 Å². The lowest BCUT2D eigenvalue weighted by Gasteiger charge is -2.13. The summed E-state index contributed by atoms with van der Waals surface area (Å²) in [6.45, 7) is 0. The summed E-state index contributed by atoms with van der Waals surface area (Å²) in [6.07, 6.45) is -6.26. The number of rotatable bonds is 10. The van der Waals surface area contributed by atoms with Crippen molar-refractivity contribution in [2.75, 3.05) is 14.2 Å². The number of thioether (sulfide) groups is 1. The number of nitrogens with zero attached hydrogens (tertiary/aromatic N) is 2. The molecule has 0 bridgehead atoms. The topological polar surface area (TPSA) is 113 Å². The van der Waals surface area contributed by atoms with Crippen molar-refractivity contribution in [3.8, 4) is 0 Å². The van der Waals surface area contributed by atoms with Gasteiger partial charge in [-0.2, -0.15) is 38.1 Å². The van der Waals surface area contributed by atoms with Crippen LogP contribution in [-0.4, -0.2) is 44.5 Å². The maximum Gasteiger partial charge on any atom is 0.416 e. The Morgan fingerprint density at radius 2 is 1.02 bits per heavy atom. The monoisotopic (exact) mass is 714 g/mol. The minimum atomic E-state index is -4.66. The average Bonchev–Trinajstić information content (AvgIpc) is 3.04. The summed E-state index contributed by atoms with van der Waals surface area (Å²) < 4.78 is 112. The minimum Gasteiger partial charge on any atom is -0.464 e. The number of benzene rings is 2. The van der Waals surface area contributed by atoms with Gasteiger partial charge in [0, 0.05) is 29.5 Å². The third-order valence-electron chi connectivity index (χ3n) is 6.45. The summed E-state index contributed by atoms with van der Waals surface area (Å²) in [7, 11) is -1.61. The van der Waals surface area contributed by atoms with Gasteiger partial charge in [-0.1, -0.05) is 48.5 Å². The molecule has 0 aliphatic rings. The Morgan fingerprint density at radius 3 is 1.54 bits per heavy atom. The van der Waals surface area contributed by atoms with Gasteiger partial charge in [0.25, 0.3) is 0 Å². The molecule has 0 unspecified atom stereocenters. The number of ether oxygens (including phenoxy) is 2. The Kier molecular flexibility index (Phi) is 13.1. The lowest BCUT2D eigenvalue weighted by atomic mass is 10.1. The third-order valence-corrected chi connectivity index (χ3v) is 8.98. The van der Waals surface area contributed by atoms with E-state index in [4.69, 9.17) is 0 Å². The molecule has 16 heteroatoms. The molecule has 0 N–H and O–H groups in total. The number of esters is 2. The van der Waals surface area contributed by atoms with Crippen LogP contribution in [0.2, 0.25) is 0 Å². The van der Waals surface area contributed by atoms with E-state index >= 15 is 0 Å². The van der Waals surface area contributed by atoms with Crippen LogP contribution in [0.15, 0.2) is 85.2 Å². The molecule has 0 aliphatic heterocycles. The molecular weight excluding hydrogens is 686 g/mol. The first kappa shape index (κ1) is 38.0. The van der Waals surface area contributed by atoms with E-state index in [0.29, 0.717) is 11.3 Å². The number of halogens is 6. The molecule has 0 fully saturated rings. The Hall–Kier alpha value is -4.44. The number of sulfone groups is 1. The van der Waals surface area contributed by atoms with Crippen LogP contribution >= 0.6 is 11.8 Å². The Bertz CT molecular complexity index is 1830. The molecule has 0 atom stereocenters. The second kappa shape index (κ2) is 16.6. The van der Waals surface area contributed by atoms with Gasteiger partial charge < -0.3 is 9.47 Å². The molecular formula is C32H28F6N2O6S2. The molecule has 4 aromatic rings. The van der Waals surface area contributed by atoms with Crippen molar-refractivity contribution in [3.05, 3.63) is 130 Å². The van der Waals surface area contributed by atoms with Gasteiger partial charge in [0.2, 0.25) is 0 Å². The molecule has 48 heavy (non-hydrogen) atoms. The van der Waals surface area contributed by atoms with Crippen LogP contribution in [-0.2, 0) is 54.7 Å². The molecule has 256 valence electrons. The number of carbonyl (C=O) groups excluding carboxylic acids is 2. The number of carbonyl (C=O) groups is 2. The zero-order valence-electron chi connectivity index (χ0n) is 25.3. The predicted octanol–water partition coefficient (Wildman–Crippen LogP) is 7.32. The molecule has 2 aromatic carbocycles. The third kappa shape index (κ3) is 10.8. The van der Waals surface area contributed by atoms with E-state index in [0.717, 1.165) is 25.3 Å². The van der Waals surface area contributed by atoms with Gasteiger partial charge >= 0.3 is 24.3 Å². The normalized spacial score (nSPS) is 11.7. The fourth-order valence-corrected chi connectivity index (χ4v) is 6.87. The molecule has 0 spiro atoms. The summed E-state index contributed by atoms with van der Waals surface area (Å²) in [5.41, 5.74) is -1.06. The van der Waals surface area contributed by atoms with Crippen LogP contribution in [0.3, 0.4) is 0 Å². The molecule has 4 rings (SSSR count). The van der Waals surface area contributed by atoms with Crippen LogP contribution in [0, 0.1) is 0 Å². The lowest BCUT2D eigenvalue weighted by molar-refractivity contribution is -0.138. The van der Waals surface area contributed by atoms with E-state index in [1.54, 1.807) is 18.2 Å². The first-order valence-corrected chi connectivity index (χ1v) is 16.7. The number of hydrogen-bond acceptors (Lipinski definition) is 9. The highest BCUT2D eigenvalue weighted by Crippen LogP contribution is 2.34. The Morgan fingerprint density at radius 1 is 0.625 bits per heavy atom. The fourth-order valence-electron chi connectivity index (χ4n) is 4.31. The van der Waals surface area contributed by atoms with Gasteiger partial charge in [-0.25, -0.2) is 28.0 Å². The largest absolute Gasteiger partial charge is 0.464 e. The molecule has 2 aromatic heterocycles. The zero-order valence-corrected chi connectivity index (χ0v) is 27.0. The quantitative estimate of drug-likeness (QED) is 0.123. The standard InChI is InChI=1S/C16H14F3NO4S.C16H14F3NO2S/c1-24-15(21)14-12(6-4-8-20-14)10-25(22,23)9-11-5-2-3-7-13(11)16(17,18)19;1-22-15(21)14-12(6-4-8-20-14)10-23-9-11-5-2-3-7-13(11)16(17,18)19/h2-8H,9-10H2,1H3;2-8H,9-10H2,1H3. The van der Waals surface area contributed by atoms with Crippen molar-refractivity contribution in [2.45, 2.75) is 35.4 Å². The predicted molar refractivity (Wildman–Crippen MR) is 165 cm³/mol. The highest BCUT2D eigenvalue weighted by Gasteiger charge is 2.34. The SMILES string of the molecule is COC(=O)c1ncccc1CS(=O)(=O)Cc1ccccc1C(F)(F)F.COC(=O)c1ncccc1CSCc1ccccc1C(F)(F)F. The first-order chi connectivity index (χ1) is 22.6. The zero-order chi connectivity index (χ0) is 35.5. The summed E-state index contributed by atoms with van der Waals surface area (Å²) in [4.78, 5) is 31.0. The Balaban J connectivity index is 0.000000261. The highest BCUT2D eigenvalue weighted by atomic mass is 32.2. The summed E-state index contributed by atoms with van der Waals surface area (Å²) in [5, 5.41) is 0. The van der Waals surface area contributed by atoms with E-state index in [9.17, 15) is 44.3 Å². The van der Waals surface area contributed by atoms with Gasteiger partial charge in [0.05, 0.1) is 36.9 Å². The number of methoxy groups -OCH3 is 2. The van der Waals surface area contributed by atoms with Gasteiger partial charge in [-0.15, -0.1) is 0 Å². The molecule has 0 aliphatic carbocycles. The molecule has 0 saturated carbocycles. The minimum absolute atomic E-state index is 0.0684. The van der Waals surface area contributed by atoms with E-state index in [-0.39, 0.29) is 33.8 Å². The summed E-state index contributed by atoms with van der Waals surface area (Å²) in [6, 6.07) is 16.1. The van der Waals surface area contributed by atoms with Crippen molar-refractivity contribution in [1.82, 2.24) is 9.97 Å². The highest BCUT2D eigenvalue weighted by molar-refractivity contribution is 7.97. The summed E-state index contributed by atoms with van der Waals surface area (Å²) in [5.74, 6) is -2.26. The van der Waals surface area contributed by atoms with Gasteiger partial charge in [0.1, 0.15) is 0 Å². The number of pyridine rings is 2. The van der Waals surface area contributed by atoms with E-state index in [2.05, 4.69) is 19.4 Å². The van der Waals surface area contributed by atoms with Crippen molar-refractivity contribution < 1.29 is 53.8 Å². The lowest BCUT2D eigenvalue weighted by Crippen LogP contribution is -2.16. The molecule has 0 radical (unpaired) electrons. The Labute approximate surface area is 276 Å². The fraction of sp³-hybridized carbons (Fsp3) is 0.250. The molecule has 0 saturated heterocycles. The van der Waals surface area contributed by atoms with Crippen LogP contribution in [0.1, 0.15) is 54.4 Å². The van der Waals surface area contributed by atoms with E-state index in [1.165, 1.54) is 67.7 Å².